The van der Waals surface area contributed by atoms with E-state index >= 15 is 0 Å². The lowest BCUT2D eigenvalue weighted by molar-refractivity contribution is 0.456. The largest absolute Gasteiger partial charge is 0.508 e. The van der Waals surface area contributed by atoms with Gasteiger partial charge in [0, 0.05) is 18.2 Å². The molecule has 1 unspecified atom stereocenters. The zero-order chi connectivity index (χ0) is 16.4. The summed E-state index contributed by atoms with van der Waals surface area (Å²) >= 11 is 17.3. The number of hydrogen-bond donors (Lipinski definition) is 2. The Hall–Kier alpha value is -1.19. The van der Waals surface area contributed by atoms with Crippen molar-refractivity contribution in [3.8, 4) is 5.75 Å². The Labute approximate surface area is 150 Å². The number of aromatic hydroxyl groups is 1. The van der Waals surface area contributed by atoms with Crippen molar-refractivity contribution >= 4 is 39.8 Å². The number of hydrogen-bond acceptors (Lipinski definition) is 2. The third-order valence-corrected chi connectivity index (χ3v) is 5.16. The van der Waals surface area contributed by atoms with Gasteiger partial charge >= 0.3 is 0 Å². The van der Waals surface area contributed by atoms with Crippen LogP contribution in [0.2, 0.25) is 0 Å². The standard InChI is InChI=1S/C18H16Cl3NO/c19-17(18(20)21)12-5-6-13(16(23)9-12)10-22-15-8-7-11-3-1-2-4-14(11)15/h1-6,9,15,22-23H,7-8,10H2. The summed E-state index contributed by atoms with van der Waals surface area (Å²) in [6.07, 6.45) is 2.17. The molecule has 3 rings (SSSR count). The molecular formula is C18H16Cl3NO. The highest BCUT2D eigenvalue weighted by atomic mass is 35.5. The molecule has 0 bridgehead atoms. The molecule has 0 amide bonds. The summed E-state index contributed by atoms with van der Waals surface area (Å²) in [5.41, 5.74) is 4.16. The van der Waals surface area contributed by atoms with Crippen molar-refractivity contribution in [3.63, 3.8) is 0 Å². The summed E-state index contributed by atoms with van der Waals surface area (Å²) in [7, 11) is 0. The van der Waals surface area contributed by atoms with Gasteiger partial charge in [-0.25, -0.2) is 0 Å². The van der Waals surface area contributed by atoms with E-state index in [1.54, 1.807) is 12.1 Å². The van der Waals surface area contributed by atoms with Crippen molar-refractivity contribution in [3.05, 3.63) is 69.2 Å². The van der Waals surface area contributed by atoms with Gasteiger partial charge in [0.2, 0.25) is 0 Å². The normalized spacial score (nSPS) is 16.2. The molecule has 1 aliphatic rings. The predicted octanol–water partition coefficient (Wildman–Crippen LogP) is 5.51. The SMILES string of the molecule is Oc1cc(C(Cl)=C(Cl)Cl)ccc1CNC1CCc2ccccc21. The van der Waals surface area contributed by atoms with Crippen LogP contribution in [0.15, 0.2) is 47.0 Å². The lowest BCUT2D eigenvalue weighted by Crippen LogP contribution is -2.18. The summed E-state index contributed by atoms with van der Waals surface area (Å²) in [5, 5.41) is 13.9. The van der Waals surface area contributed by atoms with E-state index in [-0.39, 0.29) is 15.3 Å². The Morgan fingerprint density at radius 1 is 1.13 bits per heavy atom. The molecule has 120 valence electrons. The molecule has 2 nitrogen and oxygen atoms in total. The number of fused-ring (bicyclic) bond motifs is 1. The zero-order valence-electron chi connectivity index (χ0n) is 12.3. The average molecular weight is 369 g/mol. The molecule has 0 spiro atoms. The van der Waals surface area contributed by atoms with Crippen molar-refractivity contribution in [1.29, 1.82) is 0 Å². The topological polar surface area (TPSA) is 32.3 Å². The van der Waals surface area contributed by atoms with Gasteiger partial charge in [0.1, 0.15) is 10.2 Å². The first-order valence-electron chi connectivity index (χ1n) is 7.40. The van der Waals surface area contributed by atoms with Gasteiger partial charge in [0.05, 0.1) is 5.03 Å². The molecule has 1 atom stereocenters. The van der Waals surface area contributed by atoms with Crippen LogP contribution in [-0.2, 0) is 13.0 Å². The monoisotopic (exact) mass is 367 g/mol. The Kier molecular flexibility index (Phi) is 5.17. The molecule has 0 saturated heterocycles. The van der Waals surface area contributed by atoms with Gasteiger partial charge in [0.25, 0.3) is 0 Å². The van der Waals surface area contributed by atoms with Crippen molar-refractivity contribution in [2.75, 3.05) is 0 Å². The smallest absolute Gasteiger partial charge is 0.126 e. The minimum Gasteiger partial charge on any atom is -0.508 e. The van der Waals surface area contributed by atoms with Gasteiger partial charge in [0.15, 0.2) is 0 Å². The van der Waals surface area contributed by atoms with Crippen molar-refractivity contribution in [2.24, 2.45) is 0 Å². The van der Waals surface area contributed by atoms with Crippen LogP contribution in [0.1, 0.15) is 34.7 Å². The molecule has 2 N–H and O–H groups in total. The maximum absolute atomic E-state index is 10.2. The van der Waals surface area contributed by atoms with Crippen molar-refractivity contribution in [1.82, 2.24) is 5.32 Å². The summed E-state index contributed by atoms with van der Waals surface area (Å²) in [6, 6.07) is 14.0. The molecule has 5 heteroatoms. The Morgan fingerprint density at radius 3 is 2.65 bits per heavy atom. The fourth-order valence-electron chi connectivity index (χ4n) is 2.96. The molecule has 2 aromatic rings. The second-order valence-corrected chi connectivity index (χ2v) is 6.92. The predicted molar refractivity (Wildman–Crippen MR) is 96.9 cm³/mol. The van der Waals surface area contributed by atoms with Gasteiger partial charge < -0.3 is 10.4 Å². The molecule has 0 heterocycles. The zero-order valence-corrected chi connectivity index (χ0v) is 14.6. The highest BCUT2D eigenvalue weighted by molar-refractivity contribution is 6.66. The van der Waals surface area contributed by atoms with Gasteiger partial charge in [-0.2, -0.15) is 0 Å². The third kappa shape index (κ3) is 3.67. The second-order valence-electron chi connectivity index (χ2n) is 5.59. The molecule has 2 aromatic carbocycles. The Morgan fingerprint density at radius 2 is 1.91 bits per heavy atom. The van der Waals surface area contributed by atoms with E-state index < -0.39 is 0 Å². The molecule has 0 saturated carbocycles. The molecule has 0 aliphatic heterocycles. The van der Waals surface area contributed by atoms with Crippen LogP contribution < -0.4 is 5.32 Å². The summed E-state index contributed by atoms with van der Waals surface area (Å²) < 4.78 is -0.0143. The molecule has 0 fully saturated rings. The summed E-state index contributed by atoms with van der Waals surface area (Å²) in [5.74, 6) is 0.175. The van der Waals surface area contributed by atoms with E-state index in [2.05, 4.69) is 29.6 Å². The number of benzene rings is 2. The lowest BCUT2D eigenvalue weighted by Gasteiger charge is -2.15. The fraction of sp³-hybridized carbons (Fsp3) is 0.222. The van der Waals surface area contributed by atoms with Gasteiger partial charge in [-0.15, -0.1) is 0 Å². The number of nitrogens with one attached hydrogen (secondary N) is 1. The quantitative estimate of drug-likeness (QED) is 0.745. The van der Waals surface area contributed by atoms with E-state index in [0.717, 1.165) is 18.4 Å². The van der Waals surface area contributed by atoms with Gasteiger partial charge in [-0.05, 0) is 35.6 Å². The first kappa shape index (κ1) is 16.7. The van der Waals surface area contributed by atoms with Crippen molar-refractivity contribution < 1.29 is 5.11 Å². The molecule has 1 aliphatic carbocycles. The van der Waals surface area contributed by atoms with E-state index in [1.165, 1.54) is 11.1 Å². The highest BCUT2D eigenvalue weighted by Gasteiger charge is 2.21. The van der Waals surface area contributed by atoms with E-state index in [0.29, 0.717) is 18.2 Å². The van der Waals surface area contributed by atoms with Crippen LogP contribution in [0.3, 0.4) is 0 Å². The highest BCUT2D eigenvalue weighted by Crippen LogP contribution is 2.33. The molecule has 0 aromatic heterocycles. The van der Waals surface area contributed by atoms with Crippen LogP contribution in [0.5, 0.6) is 5.75 Å². The molecule has 0 radical (unpaired) electrons. The van der Waals surface area contributed by atoms with E-state index in [1.807, 2.05) is 6.07 Å². The number of aryl methyl sites for hydroxylation is 1. The van der Waals surface area contributed by atoms with Gasteiger partial charge in [-0.3, -0.25) is 0 Å². The lowest BCUT2D eigenvalue weighted by atomic mass is 10.1. The van der Waals surface area contributed by atoms with Crippen LogP contribution in [0, 0.1) is 0 Å². The minimum atomic E-state index is -0.0143. The van der Waals surface area contributed by atoms with Crippen LogP contribution in [0.25, 0.3) is 5.03 Å². The minimum absolute atomic E-state index is 0.0143. The first-order chi connectivity index (χ1) is 11.1. The Bertz CT molecular complexity index is 754. The number of halogens is 3. The fourth-order valence-corrected chi connectivity index (χ4v) is 3.30. The second kappa shape index (κ2) is 7.14. The average Bonchev–Trinajstić information content (AvgIpc) is 2.96. The maximum Gasteiger partial charge on any atom is 0.126 e. The molecular weight excluding hydrogens is 353 g/mol. The molecule has 23 heavy (non-hydrogen) atoms. The third-order valence-electron chi connectivity index (χ3n) is 4.18. The first-order valence-corrected chi connectivity index (χ1v) is 8.54. The Balaban J connectivity index is 1.71. The number of rotatable bonds is 4. The maximum atomic E-state index is 10.2. The van der Waals surface area contributed by atoms with Crippen molar-refractivity contribution in [2.45, 2.75) is 25.4 Å². The van der Waals surface area contributed by atoms with Crippen LogP contribution in [-0.4, -0.2) is 5.11 Å². The van der Waals surface area contributed by atoms with Crippen LogP contribution >= 0.6 is 34.8 Å². The summed E-state index contributed by atoms with van der Waals surface area (Å²) in [6.45, 7) is 0.584. The van der Waals surface area contributed by atoms with E-state index in [4.69, 9.17) is 34.8 Å². The summed E-state index contributed by atoms with van der Waals surface area (Å²) in [4.78, 5) is 0. The van der Waals surface area contributed by atoms with E-state index in [9.17, 15) is 5.11 Å². The number of phenolic OH excluding ortho intramolecular Hbond substituents is 1. The van der Waals surface area contributed by atoms with Crippen LogP contribution in [0.4, 0.5) is 0 Å². The van der Waals surface area contributed by atoms with Gasteiger partial charge in [-0.1, -0.05) is 71.2 Å². The number of phenols is 1.